The molecule has 0 aliphatic carbocycles. The molecule has 0 saturated carbocycles. The van der Waals surface area contributed by atoms with E-state index >= 15 is 0 Å². The third-order valence-corrected chi connectivity index (χ3v) is 6.38. The van der Waals surface area contributed by atoms with Crippen molar-refractivity contribution in [2.45, 2.75) is 66.0 Å². The maximum absolute atomic E-state index is 13.9. The number of hydrogen-bond acceptors (Lipinski definition) is 11. The summed E-state index contributed by atoms with van der Waals surface area (Å²) in [6.07, 6.45) is 0.806. The minimum Gasteiger partial charge on any atom is -0.496 e. The predicted molar refractivity (Wildman–Crippen MR) is 157 cm³/mol. The monoisotopic (exact) mass is 594 g/mol. The minimum atomic E-state index is -1.32. The van der Waals surface area contributed by atoms with E-state index in [4.69, 9.17) is 23.7 Å². The summed E-state index contributed by atoms with van der Waals surface area (Å²) >= 11 is 0. The van der Waals surface area contributed by atoms with E-state index in [2.05, 4.69) is 21.7 Å². The van der Waals surface area contributed by atoms with Gasteiger partial charge in [0.2, 0.25) is 5.88 Å². The maximum atomic E-state index is 13.9. The van der Waals surface area contributed by atoms with Gasteiger partial charge in [-0.05, 0) is 66.2 Å². The predicted octanol–water partition coefficient (Wildman–Crippen LogP) is 4.50. The molecule has 2 heterocycles. The van der Waals surface area contributed by atoms with E-state index in [0.717, 1.165) is 5.56 Å². The van der Waals surface area contributed by atoms with Gasteiger partial charge in [0.05, 0.1) is 54.7 Å². The number of carbonyl (C=O) groups is 3. The molecule has 0 spiro atoms. The molecule has 0 saturated heterocycles. The van der Waals surface area contributed by atoms with Gasteiger partial charge < -0.3 is 34.3 Å². The second kappa shape index (κ2) is 13.9. The number of allylic oxidation sites excluding steroid dienone is 1. The quantitative estimate of drug-likeness (QED) is 0.295. The van der Waals surface area contributed by atoms with Gasteiger partial charge in [-0.15, -0.1) is 0 Å². The van der Waals surface area contributed by atoms with Crippen LogP contribution in [0.4, 0.5) is 10.5 Å². The van der Waals surface area contributed by atoms with Gasteiger partial charge in [-0.2, -0.15) is 5.26 Å². The molecule has 1 amide bonds. The fourth-order valence-corrected chi connectivity index (χ4v) is 4.61. The van der Waals surface area contributed by atoms with Crippen LogP contribution in [0.5, 0.6) is 11.6 Å². The molecule has 2 atom stereocenters. The highest BCUT2D eigenvalue weighted by Gasteiger charge is 2.39. The number of carbonyl (C=O) groups excluding carboxylic acids is 3. The second-order valence-electron chi connectivity index (χ2n) is 10.7. The number of aryl methyl sites for hydroxylation is 1. The summed E-state index contributed by atoms with van der Waals surface area (Å²) in [6.45, 7) is 11.9. The normalized spacial score (nSPS) is 14.8. The lowest BCUT2D eigenvalue weighted by Gasteiger charge is -2.33. The molecule has 1 aromatic carbocycles. The van der Waals surface area contributed by atoms with Crippen LogP contribution in [0, 0.1) is 18.3 Å². The van der Waals surface area contributed by atoms with E-state index in [-0.39, 0.29) is 12.2 Å². The zero-order valence-electron chi connectivity index (χ0n) is 25.7. The van der Waals surface area contributed by atoms with Crippen LogP contribution in [-0.4, -0.2) is 61.6 Å². The van der Waals surface area contributed by atoms with E-state index in [1.807, 2.05) is 13.8 Å². The van der Waals surface area contributed by atoms with Crippen molar-refractivity contribution in [1.29, 1.82) is 5.26 Å². The van der Waals surface area contributed by atoms with Crippen molar-refractivity contribution in [1.82, 2.24) is 10.3 Å². The van der Waals surface area contributed by atoms with Crippen LogP contribution in [0.2, 0.25) is 0 Å². The topological polar surface area (TPSA) is 158 Å². The Labute approximate surface area is 251 Å². The summed E-state index contributed by atoms with van der Waals surface area (Å²) < 4.78 is 27.6. The third-order valence-electron chi connectivity index (χ3n) is 6.38. The van der Waals surface area contributed by atoms with Crippen molar-refractivity contribution in [2.75, 3.05) is 32.2 Å². The van der Waals surface area contributed by atoms with E-state index in [1.54, 1.807) is 59.0 Å². The number of fused-ring (bicyclic) bond motifs is 1. The highest BCUT2D eigenvalue weighted by Crippen LogP contribution is 2.49. The fourth-order valence-electron chi connectivity index (χ4n) is 4.61. The summed E-state index contributed by atoms with van der Waals surface area (Å²) in [7, 11) is 1.47. The highest BCUT2D eigenvalue weighted by molar-refractivity contribution is 5.96. The van der Waals surface area contributed by atoms with Crippen LogP contribution in [0.15, 0.2) is 35.7 Å². The molecule has 0 bridgehead atoms. The van der Waals surface area contributed by atoms with Crippen LogP contribution in [0.1, 0.15) is 69.7 Å². The number of pyridine rings is 1. The molecule has 1 aromatic heterocycles. The first-order chi connectivity index (χ1) is 20.3. The standard InChI is InChI=1S/C31H38N4O8/c1-9-40-27-25-24(20-12-11-19(14-32)13-22(20)39-8)23(18(4)34-26(25)17(3)15-33-27)29(37)42-16-21(28(36)41-10-2)35-30(38)43-31(5,6)7/h11-13,15,21,24,34H,9-10,16H2,1-8H3,(H,35,38)/t21-,24?/m0/s1. The molecule has 12 heteroatoms. The number of amides is 1. The second-order valence-corrected chi connectivity index (χ2v) is 10.7. The summed E-state index contributed by atoms with van der Waals surface area (Å²) in [5.41, 5.74) is 2.90. The SMILES string of the molecule is CCOC(=O)[C@H](COC(=O)C1=C(C)Nc2c(C)cnc(OCC)c2C1c1ccc(C#N)cc1OC)NC(=O)OC(C)(C)C. The number of alkyl carbamates (subject to hydrolysis) is 1. The van der Waals surface area contributed by atoms with Crippen LogP contribution in [0.25, 0.3) is 0 Å². The molecule has 230 valence electrons. The van der Waals surface area contributed by atoms with Crippen molar-refractivity contribution in [3.8, 4) is 17.7 Å². The highest BCUT2D eigenvalue weighted by atomic mass is 16.6. The average molecular weight is 595 g/mol. The Morgan fingerprint density at radius 2 is 1.86 bits per heavy atom. The first kappa shape index (κ1) is 32.7. The summed E-state index contributed by atoms with van der Waals surface area (Å²) in [6, 6.07) is 5.69. The Hall–Kier alpha value is -4.79. The van der Waals surface area contributed by atoms with E-state index < -0.39 is 42.2 Å². The number of ether oxygens (including phenoxy) is 5. The van der Waals surface area contributed by atoms with Crippen LogP contribution in [-0.2, 0) is 23.8 Å². The fraction of sp³-hybridized carbons (Fsp3) is 0.452. The molecule has 1 aliphatic rings. The Kier molecular flexibility index (Phi) is 10.6. The number of nitrogens with zero attached hydrogens (tertiary/aromatic N) is 2. The molecule has 12 nitrogen and oxygen atoms in total. The molecular formula is C31H38N4O8. The van der Waals surface area contributed by atoms with Gasteiger partial charge in [0.15, 0.2) is 6.04 Å². The number of aromatic nitrogens is 1. The van der Waals surface area contributed by atoms with E-state index in [0.29, 0.717) is 46.3 Å². The Bertz CT molecular complexity index is 1450. The first-order valence-electron chi connectivity index (χ1n) is 13.9. The molecule has 0 radical (unpaired) electrons. The smallest absolute Gasteiger partial charge is 0.408 e. The zero-order valence-corrected chi connectivity index (χ0v) is 25.7. The Balaban J connectivity index is 2.08. The zero-order chi connectivity index (χ0) is 31.9. The van der Waals surface area contributed by atoms with E-state index in [9.17, 15) is 19.6 Å². The number of esters is 2. The lowest BCUT2D eigenvalue weighted by molar-refractivity contribution is -0.150. The van der Waals surface area contributed by atoms with Crippen LogP contribution >= 0.6 is 0 Å². The minimum absolute atomic E-state index is 0.0529. The first-order valence-corrected chi connectivity index (χ1v) is 13.9. The molecule has 1 unspecified atom stereocenters. The van der Waals surface area contributed by atoms with Crippen molar-refractivity contribution in [3.63, 3.8) is 0 Å². The van der Waals surface area contributed by atoms with Crippen LogP contribution < -0.4 is 20.1 Å². The van der Waals surface area contributed by atoms with Crippen molar-refractivity contribution < 1.29 is 38.1 Å². The molecular weight excluding hydrogens is 556 g/mol. The van der Waals surface area contributed by atoms with Gasteiger partial charge in [-0.1, -0.05) is 6.07 Å². The van der Waals surface area contributed by atoms with Gasteiger partial charge in [-0.25, -0.2) is 19.4 Å². The Morgan fingerprint density at radius 3 is 2.47 bits per heavy atom. The summed E-state index contributed by atoms with van der Waals surface area (Å²) in [5.74, 6) is -1.67. The molecule has 0 fully saturated rings. The van der Waals surface area contributed by atoms with Crippen LogP contribution in [0.3, 0.4) is 0 Å². The molecule has 3 rings (SSSR count). The largest absolute Gasteiger partial charge is 0.496 e. The van der Waals surface area contributed by atoms with Gasteiger partial charge in [0.25, 0.3) is 0 Å². The van der Waals surface area contributed by atoms with Crippen molar-refractivity contribution in [3.05, 3.63) is 57.9 Å². The van der Waals surface area contributed by atoms with Gasteiger partial charge in [0.1, 0.15) is 18.0 Å². The number of benzene rings is 1. The molecule has 43 heavy (non-hydrogen) atoms. The number of hydrogen-bond donors (Lipinski definition) is 2. The summed E-state index contributed by atoms with van der Waals surface area (Å²) in [5, 5.41) is 15.2. The Morgan fingerprint density at radius 1 is 1.14 bits per heavy atom. The van der Waals surface area contributed by atoms with Gasteiger partial charge in [-0.3, -0.25) is 0 Å². The molecule has 2 aromatic rings. The average Bonchev–Trinajstić information content (AvgIpc) is 2.94. The van der Waals surface area contributed by atoms with Gasteiger partial charge >= 0.3 is 18.0 Å². The third kappa shape index (κ3) is 7.74. The van der Waals surface area contributed by atoms with Crippen molar-refractivity contribution in [2.24, 2.45) is 0 Å². The number of rotatable bonds is 10. The number of nitriles is 1. The molecule has 2 N–H and O–H groups in total. The summed E-state index contributed by atoms with van der Waals surface area (Å²) in [4.78, 5) is 43.5. The lowest BCUT2D eigenvalue weighted by atomic mass is 9.79. The number of methoxy groups -OCH3 is 1. The molecule has 1 aliphatic heterocycles. The maximum Gasteiger partial charge on any atom is 0.408 e. The number of anilines is 1. The van der Waals surface area contributed by atoms with Gasteiger partial charge in [0, 0.05) is 17.5 Å². The van der Waals surface area contributed by atoms with E-state index in [1.165, 1.54) is 7.11 Å². The lowest BCUT2D eigenvalue weighted by Crippen LogP contribution is -2.47. The number of nitrogens with one attached hydrogen (secondary N) is 2. The van der Waals surface area contributed by atoms with Crippen molar-refractivity contribution >= 4 is 23.7 Å².